The van der Waals surface area contributed by atoms with Crippen LogP contribution in [0, 0.1) is 6.92 Å². The van der Waals surface area contributed by atoms with Gasteiger partial charge in [0.15, 0.2) is 11.5 Å². The number of hydrogen-bond donors (Lipinski definition) is 1. The predicted octanol–water partition coefficient (Wildman–Crippen LogP) is 3.47. The normalized spacial score (nSPS) is 10.5. The number of furan rings is 1. The molecule has 128 valence electrons. The molecule has 1 aromatic carbocycles. The van der Waals surface area contributed by atoms with Gasteiger partial charge in [-0.15, -0.1) is 10.2 Å². The second kappa shape index (κ2) is 7.61. The fourth-order valence-corrected chi connectivity index (χ4v) is 2.53. The largest absolute Gasteiger partial charge is 0.467 e. The van der Waals surface area contributed by atoms with Gasteiger partial charge in [-0.05, 0) is 55.8 Å². The first-order valence-corrected chi connectivity index (χ1v) is 8.16. The summed E-state index contributed by atoms with van der Waals surface area (Å²) in [5, 5.41) is 11.0. The Morgan fingerprint density at radius 3 is 2.68 bits per heavy atom. The van der Waals surface area contributed by atoms with Gasteiger partial charge in [0.1, 0.15) is 5.76 Å². The Labute approximate surface area is 146 Å². The average Bonchev–Trinajstić information content (AvgIpc) is 3.15. The van der Waals surface area contributed by atoms with Crippen LogP contribution in [0.4, 0.5) is 11.5 Å². The number of hydrogen-bond acceptors (Lipinski definition) is 5. The molecule has 3 aromatic rings. The van der Waals surface area contributed by atoms with Crippen molar-refractivity contribution < 1.29 is 9.21 Å². The molecule has 0 saturated carbocycles. The third-order valence-corrected chi connectivity index (χ3v) is 3.79. The summed E-state index contributed by atoms with van der Waals surface area (Å²) in [6.45, 7) is 5.17. The molecule has 0 saturated heterocycles. The first-order valence-electron chi connectivity index (χ1n) is 8.16. The molecule has 0 aliphatic carbocycles. The maximum absolute atomic E-state index is 12.1. The number of anilines is 2. The van der Waals surface area contributed by atoms with E-state index in [4.69, 9.17) is 4.42 Å². The van der Waals surface area contributed by atoms with Crippen molar-refractivity contribution >= 4 is 17.4 Å². The topological polar surface area (TPSA) is 71.3 Å². The maximum Gasteiger partial charge on any atom is 0.272 e. The number of rotatable bonds is 6. The third kappa shape index (κ3) is 4.03. The van der Waals surface area contributed by atoms with Crippen LogP contribution in [0.15, 0.2) is 59.2 Å². The highest BCUT2D eigenvalue weighted by molar-refractivity contribution is 5.92. The molecule has 0 fully saturated rings. The van der Waals surface area contributed by atoms with E-state index in [-0.39, 0.29) is 11.6 Å². The van der Waals surface area contributed by atoms with Crippen LogP contribution in [-0.4, -0.2) is 22.6 Å². The number of aromatic nitrogens is 2. The number of amides is 1. The molecule has 0 aliphatic heterocycles. The van der Waals surface area contributed by atoms with Crippen molar-refractivity contribution in [1.29, 1.82) is 0 Å². The fourth-order valence-electron chi connectivity index (χ4n) is 2.53. The number of nitrogens with zero attached hydrogens (tertiary/aromatic N) is 3. The molecule has 0 unspecified atom stereocenters. The summed E-state index contributed by atoms with van der Waals surface area (Å²) in [7, 11) is 0. The van der Waals surface area contributed by atoms with Gasteiger partial charge in [0.25, 0.3) is 5.91 Å². The zero-order valence-corrected chi connectivity index (χ0v) is 14.3. The SMILES string of the molecule is CCN(c1cccc(C)c1)c1ccc(C(=O)NCc2ccco2)nn1. The van der Waals surface area contributed by atoms with Crippen LogP contribution in [0.5, 0.6) is 0 Å². The lowest BCUT2D eigenvalue weighted by Crippen LogP contribution is -2.24. The molecule has 0 radical (unpaired) electrons. The lowest BCUT2D eigenvalue weighted by molar-refractivity contribution is 0.0942. The minimum Gasteiger partial charge on any atom is -0.467 e. The van der Waals surface area contributed by atoms with Crippen molar-refractivity contribution in [3.8, 4) is 0 Å². The van der Waals surface area contributed by atoms with Gasteiger partial charge in [-0.1, -0.05) is 12.1 Å². The van der Waals surface area contributed by atoms with Crippen LogP contribution >= 0.6 is 0 Å². The number of carbonyl (C=O) groups is 1. The zero-order chi connectivity index (χ0) is 17.6. The average molecular weight is 336 g/mol. The van der Waals surface area contributed by atoms with E-state index < -0.39 is 0 Å². The van der Waals surface area contributed by atoms with Crippen molar-refractivity contribution in [3.63, 3.8) is 0 Å². The van der Waals surface area contributed by atoms with Gasteiger partial charge in [0, 0.05) is 12.2 Å². The number of nitrogens with one attached hydrogen (secondary N) is 1. The van der Waals surface area contributed by atoms with E-state index in [1.165, 1.54) is 5.56 Å². The Morgan fingerprint density at radius 1 is 1.16 bits per heavy atom. The molecular weight excluding hydrogens is 316 g/mol. The molecule has 25 heavy (non-hydrogen) atoms. The Hall–Kier alpha value is -3.15. The van der Waals surface area contributed by atoms with E-state index in [1.807, 2.05) is 24.0 Å². The lowest BCUT2D eigenvalue weighted by Gasteiger charge is -2.22. The third-order valence-electron chi connectivity index (χ3n) is 3.79. The lowest BCUT2D eigenvalue weighted by atomic mass is 10.2. The van der Waals surface area contributed by atoms with Gasteiger partial charge >= 0.3 is 0 Å². The van der Waals surface area contributed by atoms with Crippen molar-refractivity contribution in [2.45, 2.75) is 20.4 Å². The van der Waals surface area contributed by atoms with Gasteiger partial charge < -0.3 is 14.6 Å². The molecule has 0 bridgehead atoms. The van der Waals surface area contributed by atoms with Gasteiger partial charge in [0.2, 0.25) is 0 Å². The summed E-state index contributed by atoms with van der Waals surface area (Å²) in [4.78, 5) is 14.2. The molecule has 2 heterocycles. The second-order valence-corrected chi connectivity index (χ2v) is 5.62. The monoisotopic (exact) mass is 336 g/mol. The minimum atomic E-state index is -0.283. The quantitative estimate of drug-likeness (QED) is 0.746. The summed E-state index contributed by atoms with van der Waals surface area (Å²) >= 11 is 0. The van der Waals surface area contributed by atoms with Crippen molar-refractivity contribution in [1.82, 2.24) is 15.5 Å². The molecular formula is C19H20N4O2. The van der Waals surface area contributed by atoms with Crippen LogP contribution in [0.3, 0.4) is 0 Å². The van der Waals surface area contributed by atoms with Crippen molar-refractivity contribution in [2.75, 3.05) is 11.4 Å². The highest BCUT2D eigenvalue weighted by atomic mass is 16.3. The highest BCUT2D eigenvalue weighted by Crippen LogP contribution is 2.23. The molecule has 0 aliphatic rings. The van der Waals surface area contributed by atoms with Crippen LogP contribution in [0.1, 0.15) is 28.7 Å². The van der Waals surface area contributed by atoms with Crippen LogP contribution < -0.4 is 10.2 Å². The predicted molar refractivity (Wildman–Crippen MR) is 95.8 cm³/mol. The fraction of sp³-hybridized carbons (Fsp3) is 0.211. The Balaban J connectivity index is 1.71. The minimum absolute atomic E-state index is 0.274. The maximum atomic E-state index is 12.1. The van der Waals surface area contributed by atoms with Gasteiger partial charge in [0.05, 0.1) is 12.8 Å². The zero-order valence-electron chi connectivity index (χ0n) is 14.3. The smallest absolute Gasteiger partial charge is 0.272 e. The Kier molecular flexibility index (Phi) is 5.09. The van der Waals surface area contributed by atoms with Crippen molar-refractivity contribution in [3.05, 3.63) is 71.8 Å². The summed E-state index contributed by atoms with van der Waals surface area (Å²) in [6.07, 6.45) is 1.57. The second-order valence-electron chi connectivity index (χ2n) is 5.62. The van der Waals surface area contributed by atoms with Gasteiger partial charge in [-0.2, -0.15) is 0 Å². The Bertz CT molecular complexity index is 829. The number of aryl methyl sites for hydroxylation is 1. The summed E-state index contributed by atoms with van der Waals surface area (Å²) in [6, 6.07) is 15.2. The van der Waals surface area contributed by atoms with Crippen LogP contribution in [0.2, 0.25) is 0 Å². The first kappa shape index (κ1) is 16.7. The molecule has 1 N–H and O–H groups in total. The summed E-state index contributed by atoms with van der Waals surface area (Å²) < 4.78 is 5.19. The number of carbonyl (C=O) groups excluding carboxylic acids is 1. The molecule has 0 atom stereocenters. The molecule has 2 aromatic heterocycles. The van der Waals surface area contributed by atoms with E-state index in [1.54, 1.807) is 30.5 Å². The van der Waals surface area contributed by atoms with Gasteiger partial charge in [-0.25, -0.2) is 0 Å². The van der Waals surface area contributed by atoms with E-state index in [0.717, 1.165) is 12.2 Å². The molecule has 0 spiro atoms. The first-order chi connectivity index (χ1) is 12.2. The molecule has 6 nitrogen and oxygen atoms in total. The summed E-state index contributed by atoms with van der Waals surface area (Å²) in [5.41, 5.74) is 2.50. The van der Waals surface area contributed by atoms with E-state index in [2.05, 4.69) is 34.6 Å². The molecule has 6 heteroatoms. The Morgan fingerprint density at radius 2 is 2.04 bits per heavy atom. The molecule has 3 rings (SSSR count). The standard InChI is InChI=1S/C19H20N4O2/c1-3-23(15-7-4-6-14(2)12-15)18-10-9-17(21-22-18)19(24)20-13-16-8-5-11-25-16/h4-12H,3,13H2,1-2H3,(H,20,24). The summed E-state index contributed by atoms with van der Waals surface area (Å²) in [5.74, 6) is 1.11. The van der Waals surface area contributed by atoms with E-state index >= 15 is 0 Å². The van der Waals surface area contributed by atoms with Crippen LogP contribution in [-0.2, 0) is 6.54 Å². The van der Waals surface area contributed by atoms with E-state index in [9.17, 15) is 4.79 Å². The van der Waals surface area contributed by atoms with E-state index in [0.29, 0.717) is 18.1 Å². The van der Waals surface area contributed by atoms with Crippen molar-refractivity contribution in [2.24, 2.45) is 0 Å². The highest BCUT2D eigenvalue weighted by Gasteiger charge is 2.12. The molecule has 1 amide bonds. The van der Waals surface area contributed by atoms with Crippen LogP contribution in [0.25, 0.3) is 0 Å². The number of benzene rings is 1. The van der Waals surface area contributed by atoms with Gasteiger partial charge in [-0.3, -0.25) is 4.79 Å².